The Labute approximate surface area is 137 Å². The lowest BCUT2D eigenvalue weighted by Gasteiger charge is -2.23. The number of aliphatic hydroxyl groups excluding tert-OH is 1. The number of esters is 1. The molecule has 1 unspecified atom stereocenters. The fourth-order valence-corrected chi connectivity index (χ4v) is 2.85. The lowest BCUT2D eigenvalue weighted by molar-refractivity contribution is -0.148. The minimum Gasteiger partial charge on any atom is -0.466 e. The molecule has 1 aliphatic rings. The molecule has 1 rings (SSSR count). The molecule has 1 N–H and O–H groups in total. The SMILES string of the molecule is CCOC(=O)CC(O)C[C@@H](C[C@H]1OC(C)(C)O[C@@H]1CCl)OC. The molecule has 0 radical (unpaired) electrons. The molecule has 4 atom stereocenters. The fraction of sp³-hybridized carbons (Fsp3) is 0.933. The zero-order valence-electron chi connectivity index (χ0n) is 13.7. The molecule has 0 aromatic rings. The van der Waals surface area contributed by atoms with Crippen molar-refractivity contribution in [2.24, 2.45) is 0 Å². The molecule has 0 spiro atoms. The number of carbonyl (C=O) groups excluding carboxylic acids is 1. The largest absolute Gasteiger partial charge is 0.466 e. The minimum atomic E-state index is -0.811. The molecule has 22 heavy (non-hydrogen) atoms. The van der Waals surface area contributed by atoms with Gasteiger partial charge in [-0.05, 0) is 20.8 Å². The molecular weight excluding hydrogens is 312 g/mol. The zero-order valence-corrected chi connectivity index (χ0v) is 14.5. The van der Waals surface area contributed by atoms with Gasteiger partial charge >= 0.3 is 5.97 Å². The Morgan fingerprint density at radius 2 is 2.00 bits per heavy atom. The molecule has 1 heterocycles. The highest BCUT2D eigenvalue weighted by Crippen LogP contribution is 2.32. The van der Waals surface area contributed by atoms with Crippen LogP contribution < -0.4 is 0 Å². The average molecular weight is 339 g/mol. The van der Waals surface area contributed by atoms with Gasteiger partial charge in [0.15, 0.2) is 5.79 Å². The van der Waals surface area contributed by atoms with Crippen molar-refractivity contribution in [3.05, 3.63) is 0 Å². The number of rotatable bonds is 9. The van der Waals surface area contributed by atoms with E-state index in [0.717, 1.165) is 0 Å². The van der Waals surface area contributed by atoms with Crippen molar-refractivity contribution in [3.63, 3.8) is 0 Å². The van der Waals surface area contributed by atoms with Crippen LogP contribution in [0.3, 0.4) is 0 Å². The van der Waals surface area contributed by atoms with E-state index in [1.165, 1.54) is 0 Å². The monoisotopic (exact) mass is 338 g/mol. The van der Waals surface area contributed by atoms with Crippen LogP contribution in [0, 0.1) is 0 Å². The van der Waals surface area contributed by atoms with Crippen molar-refractivity contribution >= 4 is 17.6 Å². The predicted octanol–water partition coefficient (Wildman–Crippen LogP) is 1.85. The standard InChI is InChI=1S/C15H27ClO6/c1-5-20-14(18)7-10(17)6-11(19-4)8-12-13(9-16)22-15(2,3)21-12/h10-13,17H,5-9H2,1-4H3/t10?,11-,12+,13+/m0/s1. The minimum absolute atomic E-state index is 0.0415. The molecule has 1 fully saturated rings. The summed E-state index contributed by atoms with van der Waals surface area (Å²) in [6.07, 6.45) is -0.655. The van der Waals surface area contributed by atoms with Crippen molar-refractivity contribution in [1.29, 1.82) is 0 Å². The van der Waals surface area contributed by atoms with Crippen LogP contribution in [0.25, 0.3) is 0 Å². The summed E-state index contributed by atoms with van der Waals surface area (Å²) >= 11 is 5.91. The van der Waals surface area contributed by atoms with Gasteiger partial charge in [-0.3, -0.25) is 4.79 Å². The molecule has 1 saturated heterocycles. The fourth-order valence-electron chi connectivity index (χ4n) is 2.59. The maximum absolute atomic E-state index is 11.4. The van der Waals surface area contributed by atoms with E-state index in [9.17, 15) is 9.90 Å². The Kier molecular flexibility index (Phi) is 8.07. The lowest BCUT2D eigenvalue weighted by atomic mass is 10.0. The van der Waals surface area contributed by atoms with Crippen LogP contribution in [0.4, 0.5) is 0 Å². The van der Waals surface area contributed by atoms with Crippen LogP contribution in [0.5, 0.6) is 0 Å². The van der Waals surface area contributed by atoms with Gasteiger partial charge in [-0.1, -0.05) is 0 Å². The van der Waals surface area contributed by atoms with E-state index in [-0.39, 0.29) is 24.7 Å². The summed E-state index contributed by atoms with van der Waals surface area (Å²) in [6, 6.07) is 0. The van der Waals surface area contributed by atoms with E-state index in [4.69, 9.17) is 30.5 Å². The number of hydrogen-bond donors (Lipinski definition) is 1. The van der Waals surface area contributed by atoms with E-state index in [1.54, 1.807) is 14.0 Å². The number of halogens is 1. The average Bonchev–Trinajstić information content (AvgIpc) is 2.72. The van der Waals surface area contributed by atoms with Crippen molar-refractivity contribution in [3.8, 4) is 0 Å². The molecule has 0 aromatic heterocycles. The number of ether oxygens (including phenoxy) is 4. The quantitative estimate of drug-likeness (QED) is 0.511. The number of carbonyl (C=O) groups is 1. The van der Waals surface area contributed by atoms with Crippen LogP contribution in [0.15, 0.2) is 0 Å². The van der Waals surface area contributed by atoms with Crippen LogP contribution in [-0.4, -0.2) is 60.9 Å². The Balaban J connectivity index is 2.49. The zero-order chi connectivity index (χ0) is 16.8. The maximum Gasteiger partial charge on any atom is 0.308 e. The normalized spacial score (nSPS) is 26.6. The molecule has 0 saturated carbocycles. The number of alkyl halides is 1. The smallest absolute Gasteiger partial charge is 0.308 e. The van der Waals surface area contributed by atoms with Gasteiger partial charge in [-0.15, -0.1) is 11.6 Å². The molecular formula is C15H27ClO6. The summed E-state index contributed by atoms with van der Waals surface area (Å²) < 4.78 is 21.8. The van der Waals surface area contributed by atoms with Gasteiger partial charge in [0.1, 0.15) is 6.10 Å². The van der Waals surface area contributed by atoms with E-state index >= 15 is 0 Å². The summed E-state index contributed by atoms with van der Waals surface area (Å²) in [4.78, 5) is 11.4. The van der Waals surface area contributed by atoms with Gasteiger partial charge in [0.2, 0.25) is 0 Å². The first-order valence-corrected chi connectivity index (χ1v) is 8.12. The Morgan fingerprint density at radius 1 is 1.36 bits per heavy atom. The van der Waals surface area contributed by atoms with Crippen molar-refractivity contribution in [2.45, 2.75) is 70.2 Å². The lowest BCUT2D eigenvalue weighted by Crippen LogP contribution is -2.32. The van der Waals surface area contributed by atoms with Gasteiger partial charge < -0.3 is 24.1 Å². The summed E-state index contributed by atoms with van der Waals surface area (Å²) in [5.41, 5.74) is 0. The second-order valence-electron chi connectivity index (χ2n) is 5.86. The molecule has 1 aliphatic heterocycles. The van der Waals surface area contributed by atoms with Crippen molar-refractivity contribution in [1.82, 2.24) is 0 Å². The molecule has 7 heteroatoms. The molecule has 6 nitrogen and oxygen atoms in total. The Morgan fingerprint density at radius 3 is 2.55 bits per heavy atom. The second kappa shape index (κ2) is 9.03. The van der Waals surface area contributed by atoms with Gasteiger partial charge in [-0.2, -0.15) is 0 Å². The van der Waals surface area contributed by atoms with Crippen LogP contribution in [-0.2, 0) is 23.7 Å². The Bertz CT molecular complexity index is 349. The topological polar surface area (TPSA) is 74.2 Å². The molecule has 0 bridgehead atoms. The van der Waals surface area contributed by atoms with Crippen molar-refractivity contribution < 1.29 is 28.8 Å². The van der Waals surface area contributed by atoms with Crippen LogP contribution >= 0.6 is 11.6 Å². The van der Waals surface area contributed by atoms with Crippen LogP contribution in [0.1, 0.15) is 40.0 Å². The highest BCUT2D eigenvalue weighted by molar-refractivity contribution is 6.18. The van der Waals surface area contributed by atoms with Gasteiger partial charge in [0.25, 0.3) is 0 Å². The number of aliphatic hydroxyl groups is 1. The molecule has 130 valence electrons. The third kappa shape index (κ3) is 6.38. The van der Waals surface area contributed by atoms with Crippen molar-refractivity contribution in [2.75, 3.05) is 19.6 Å². The predicted molar refractivity (Wildman–Crippen MR) is 81.8 cm³/mol. The molecule has 0 amide bonds. The summed E-state index contributed by atoms with van der Waals surface area (Å²) in [5.74, 6) is -0.757. The van der Waals surface area contributed by atoms with Gasteiger partial charge in [-0.25, -0.2) is 0 Å². The van der Waals surface area contributed by atoms with E-state index in [1.807, 2.05) is 13.8 Å². The maximum atomic E-state index is 11.4. The number of methoxy groups -OCH3 is 1. The summed E-state index contributed by atoms with van der Waals surface area (Å²) in [7, 11) is 1.57. The molecule has 0 aliphatic carbocycles. The number of hydrogen-bond acceptors (Lipinski definition) is 6. The third-order valence-electron chi connectivity index (χ3n) is 3.51. The summed E-state index contributed by atoms with van der Waals surface area (Å²) in [6.45, 7) is 5.71. The first-order valence-electron chi connectivity index (χ1n) is 7.59. The first-order chi connectivity index (χ1) is 10.3. The second-order valence-corrected chi connectivity index (χ2v) is 6.17. The van der Waals surface area contributed by atoms with E-state index in [0.29, 0.717) is 25.3 Å². The summed E-state index contributed by atoms with van der Waals surface area (Å²) in [5, 5.41) is 9.97. The third-order valence-corrected chi connectivity index (χ3v) is 3.81. The first kappa shape index (κ1) is 19.6. The highest BCUT2D eigenvalue weighted by atomic mass is 35.5. The Hall–Kier alpha value is -0.400. The van der Waals surface area contributed by atoms with Crippen LogP contribution in [0.2, 0.25) is 0 Å². The highest BCUT2D eigenvalue weighted by Gasteiger charge is 2.41. The van der Waals surface area contributed by atoms with E-state index in [2.05, 4.69) is 0 Å². The van der Waals surface area contributed by atoms with Gasteiger partial charge in [0.05, 0.1) is 37.2 Å². The van der Waals surface area contributed by atoms with Gasteiger partial charge in [0, 0.05) is 20.0 Å². The van der Waals surface area contributed by atoms with E-state index < -0.39 is 17.9 Å². The molecule has 0 aromatic carbocycles.